The van der Waals surface area contributed by atoms with E-state index >= 15 is 0 Å². The van der Waals surface area contributed by atoms with Crippen molar-refractivity contribution in [2.24, 2.45) is 18.0 Å². The molecule has 20 heavy (non-hydrogen) atoms. The molecule has 104 valence electrons. The Balaban J connectivity index is 2.00. The molecule has 0 aliphatic heterocycles. The minimum Gasteiger partial charge on any atom is -0.267 e. The number of aliphatic imine (C=N–C) groups is 1. The molecule has 0 amide bonds. The largest absolute Gasteiger partial charge is 0.276 e. The van der Waals surface area contributed by atoms with Gasteiger partial charge in [0.15, 0.2) is 5.82 Å². The molecule has 1 fully saturated rings. The zero-order chi connectivity index (χ0) is 13.9. The van der Waals surface area contributed by atoms with E-state index in [9.17, 15) is 4.79 Å². The Kier molecular flexibility index (Phi) is 3.58. The van der Waals surface area contributed by atoms with Crippen LogP contribution in [0, 0.1) is 5.92 Å². The molecule has 0 atom stereocenters. The Hall–Kier alpha value is -2.04. The van der Waals surface area contributed by atoms with Gasteiger partial charge in [0, 0.05) is 19.5 Å². The molecule has 3 rings (SSSR count). The number of rotatable bonds is 2. The van der Waals surface area contributed by atoms with Crippen LogP contribution in [-0.4, -0.2) is 21.0 Å². The van der Waals surface area contributed by atoms with Gasteiger partial charge in [-0.3, -0.25) is 9.78 Å². The van der Waals surface area contributed by atoms with Gasteiger partial charge < -0.3 is 0 Å². The summed E-state index contributed by atoms with van der Waals surface area (Å²) in [5, 5.41) is 4.80. The molecule has 2 aromatic rings. The minimum atomic E-state index is -0.135. The average molecular weight is 270 g/mol. The second-order valence-electron chi connectivity index (χ2n) is 5.33. The van der Waals surface area contributed by atoms with Crippen LogP contribution in [0.2, 0.25) is 0 Å². The molecule has 0 bridgehead atoms. The van der Waals surface area contributed by atoms with Gasteiger partial charge in [-0.05, 0) is 30.9 Å². The highest BCUT2D eigenvalue weighted by molar-refractivity contribution is 5.87. The van der Waals surface area contributed by atoms with E-state index in [-0.39, 0.29) is 5.56 Å². The lowest BCUT2D eigenvalue weighted by atomic mass is 9.90. The molecule has 2 heterocycles. The molecule has 0 aromatic carbocycles. The molecule has 0 spiro atoms. The van der Waals surface area contributed by atoms with Crippen LogP contribution in [0.25, 0.3) is 10.9 Å². The van der Waals surface area contributed by atoms with Crippen LogP contribution in [-0.2, 0) is 7.05 Å². The van der Waals surface area contributed by atoms with Crippen LogP contribution in [0.15, 0.2) is 28.1 Å². The molecular weight excluding hydrogens is 252 g/mol. The number of aromatic nitrogens is 3. The van der Waals surface area contributed by atoms with Gasteiger partial charge in [-0.1, -0.05) is 19.3 Å². The Morgan fingerprint density at radius 1 is 1.35 bits per heavy atom. The third-order valence-electron chi connectivity index (χ3n) is 3.85. The van der Waals surface area contributed by atoms with Crippen molar-refractivity contribution in [3.05, 3.63) is 28.7 Å². The molecule has 1 aliphatic carbocycles. The lowest BCUT2D eigenvalue weighted by Crippen LogP contribution is -2.19. The van der Waals surface area contributed by atoms with E-state index in [4.69, 9.17) is 0 Å². The molecule has 1 saturated carbocycles. The van der Waals surface area contributed by atoms with E-state index < -0.39 is 0 Å². The predicted molar refractivity (Wildman–Crippen MR) is 79.5 cm³/mol. The number of hydrogen-bond donors (Lipinski definition) is 0. The summed E-state index contributed by atoms with van der Waals surface area (Å²) in [7, 11) is 1.65. The molecule has 0 N–H and O–H groups in total. The highest BCUT2D eigenvalue weighted by Crippen LogP contribution is 2.24. The lowest BCUT2D eigenvalue weighted by molar-refractivity contribution is 0.445. The van der Waals surface area contributed by atoms with Crippen LogP contribution in [0.1, 0.15) is 32.1 Å². The average Bonchev–Trinajstić information content (AvgIpc) is 2.50. The Labute approximate surface area is 117 Å². The topological polar surface area (TPSA) is 60.1 Å². The third kappa shape index (κ3) is 2.48. The number of aryl methyl sites for hydroxylation is 1. The smallest absolute Gasteiger partial charge is 0.267 e. The molecule has 0 saturated heterocycles. The molecule has 2 aromatic heterocycles. The van der Waals surface area contributed by atoms with Crippen LogP contribution >= 0.6 is 0 Å². The standard InChI is InChI=1S/C15H18N4O/c1-19-15(20)12-8-5-9-16-13(12)14(18-19)17-10-11-6-3-2-4-7-11/h5,8-11H,2-4,6-7H2,1H3. The van der Waals surface area contributed by atoms with Gasteiger partial charge in [-0.25, -0.2) is 9.67 Å². The van der Waals surface area contributed by atoms with Crippen molar-refractivity contribution < 1.29 is 0 Å². The van der Waals surface area contributed by atoms with Gasteiger partial charge >= 0.3 is 0 Å². The third-order valence-corrected chi connectivity index (χ3v) is 3.85. The van der Waals surface area contributed by atoms with Gasteiger partial charge in [0.05, 0.1) is 5.39 Å². The van der Waals surface area contributed by atoms with Crippen LogP contribution in [0.5, 0.6) is 0 Å². The number of nitrogens with zero attached hydrogens (tertiary/aromatic N) is 4. The molecule has 0 radical (unpaired) electrons. The van der Waals surface area contributed by atoms with Crippen molar-refractivity contribution in [3.63, 3.8) is 0 Å². The molecular formula is C15H18N4O. The lowest BCUT2D eigenvalue weighted by Gasteiger charge is -2.16. The summed E-state index contributed by atoms with van der Waals surface area (Å²) >= 11 is 0. The maximum absolute atomic E-state index is 12.0. The van der Waals surface area contributed by atoms with E-state index in [0.717, 1.165) is 0 Å². The quantitative estimate of drug-likeness (QED) is 0.788. The van der Waals surface area contributed by atoms with E-state index in [0.29, 0.717) is 22.6 Å². The van der Waals surface area contributed by atoms with Crippen molar-refractivity contribution in [2.75, 3.05) is 0 Å². The Morgan fingerprint density at radius 2 is 2.15 bits per heavy atom. The number of hydrogen-bond acceptors (Lipinski definition) is 4. The Morgan fingerprint density at radius 3 is 2.95 bits per heavy atom. The van der Waals surface area contributed by atoms with Gasteiger partial charge in [-0.15, -0.1) is 5.10 Å². The number of fused-ring (bicyclic) bond motifs is 1. The first kappa shape index (κ1) is 13.0. The zero-order valence-electron chi connectivity index (χ0n) is 11.6. The first-order chi connectivity index (χ1) is 9.75. The second-order valence-corrected chi connectivity index (χ2v) is 5.33. The highest BCUT2D eigenvalue weighted by Gasteiger charge is 2.12. The van der Waals surface area contributed by atoms with Gasteiger partial charge in [-0.2, -0.15) is 0 Å². The van der Waals surface area contributed by atoms with E-state index in [2.05, 4.69) is 15.1 Å². The van der Waals surface area contributed by atoms with Crippen molar-refractivity contribution in [2.45, 2.75) is 32.1 Å². The maximum Gasteiger partial charge on any atom is 0.276 e. The van der Waals surface area contributed by atoms with Crippen LogP contribution in [0.4, 0.5) is 5.82 Å². The highest BCUT2D eigenvalue weighted by atomic mass is 16.1. The fourth-order valence-corrected chi connectivity index (χ4v) is 2.71. The van der Waals surface area contributed by atoms with E-state index in [1.165, 1.54) is 36.8 Å². The van der Waals surface area contributed by atoms with Gasteiger partial charge in [0.2, 0.25) is 0 Å². The summed E-state index contributed by atoms with van der Waals surface area (Å²) in [5.74, 6) is 1.06. The van der Waals surface area contributed by atoms with Gasteiger partial charge in [0.25, 0.3) is 5.56 Å². The van der Waals surface area contributed by atoms with Crippen molar-refractivity contribution >= 4 is 22.9 Å². The maximum atomic E-state index is 12.0. The SMILES string of the molecule is Cn1nc(N=CC2CCCCC2)c2ncccc2c1=O. The fourth-order valence-electron chi connectivity index (χ4n) is 2.71. The summed E-state index contributed by atoms with van der Waals surface area (Å²) in [5.41, 5.74) is 0.451. The summed E-state index contributed by atoms with van der Waals surface area (Å²) < 4.78 is 1.33. The summed E-state index contributed by atoms with van der Waals surface area (Å²) in [6, 6.07) is 3.53. The fraction of sp³-hybridized carbons (Fsp3) is 0.467. The van der Waals surface area contributed by atoms with Crippen LogP contribution < -0.4 is 5.56 Å². The Bertz CT molecular complexity index is 699. The first-order valence-corrected chi connectivity index (χ1v) is 7.12. The zero-order valence-corrected chi connectivity index (χ0v) is 11.6. The van der Waals surface area contributed by atoms with E-state index in [1.807, 2.05) is 6.21 Å². The monoisotopic (exact) mass is 270 g/mol. The minimum absolute atomic E-state index is 0.135. The summed E-state index contributed by atoms with van der Waals surface area (Å²) in [6.45, 7) is 0. The van der Waals surface area contributed by atoms with Gasteiger partial charge in [0.1, 0.15) is 5.52 Å². The summed E-state index contributed by atoms with van der Waals surface area (Å²) in [4.78, 5) is 20.8. The molecule has 5 heteroatoms. The molecule has 5 nitrogen and oxygen atoms in total. The first-order valence-electron chi connectivity index (χ1n) is 7.12. The number of pyridine rings is 1. The molecule has 0 unspecified atom stereocenters. The van der Waals surface area contributed by atoms with Crippen molar-refractivity contribution in [1.82, 2.24) is 14.8 Å². The van der Waals surface area contributed by atoms with E-state index in [1.54, 1.807) is 25.4 Å². The summed E-state index contributed by atoms with van der Waals surface area (Å²) in [6.07, 6.45) is 9.92. The normalized spacial score (nSPS) is 17.1. The van der Waals surface area contributed by atoms with Crippen LogP contribution in [0.3, 0.4) is 0 Å². The van der Waals surface area contributed by atoms with Crippen molar-refractivity contribution in [3.8, 4) is 0 Å². The molecule has 1 aliphatic rings. The van der Waals surface area contributed by atoms with Crippen molar-refractivity contribution in [1.29, 1.82) is 0 Å². The second kappa shape index (κ2) is 5.53. The predicted octanol–water partition coefficient (Wildman–Crippen LogP) is 2.61.